The molecule has 0 bridgehead atoms. The molecule has 144 valence electrons. The minimum atomic E-state index is -0.451. The van der Waals surface area contributed by atoms with Crippen LogP contribution in [0.15, 0.2) is 48.5 Å². The quantitative estimate of drug-likeness (QED) is 0.512. The Bertz CT molecular complexity index is 1020. The zero-order chi connectivity index (χ0) is 20.3. The predicted octanol–water partition coefficient (Wildman–Crippen LogP) is 4.28. The summed E-state index contributed by atoms with van der Waals surface area (Å²) >= 11 is 0. The fourth-order valence-electron chi connectivity index (χ4n) is 3.08. The van der Waals surface area contributed by atoms with Crippen LogP contribution >= 0.6 is 0 Å². The molecule has 0 atom stereocenters. The molecule has 28 heavy (non-hydrogen) atoms. The van der Waals surface area contributed by atoms with Gasteiger partial charge < -0.3 is 5.32 Å². The minimum Gasteiger partial charge on any atom is -0.311 e. The first kappa shape index (κ1) is 19.3. The molecule has 2 aromatic carbocycles. The summed E-state index contributed by atoms with van der Waals surface area (Å²) in [5, 5.41) is 18.1. The van der Waals surface area contributed by atoms with Gasteiger partial charge in [0, 0.05) is 24.6 Å². The summed E-state index contributed by atoms with van der Waals surface area (Å²) in [5.74, 6) is 0.431. The van der Waals surface area contributed by atoms with Gasteiger partial charge in [0.2, 0.25) is 5.91 Å². The number of rotatable bonds is 6. The smallest absolute Gasteiger partial charge is 0.269 e. The van der Waals surface area contributed by atoms with E-state index in [4.69, 9.17) is 0 Å². The van der Waals surface area contributed by atoms with E-state index in [9.17, 15) is 14.9 Å². The van der Waals surface area contributed by atoms with E-state index in [-0.39, 0.29) is 11.6 Å². The predicted molar refractivity (Wildman–Crippen MR) is 108 cm³/mol. The highest BCUT2D eigenvalue weighted by Gasteiger charge is 2.13. The van der Waals surface area contributed by atoms with Gasteiger partial charge in [0.15, 0.2) is 0 Å². The lowest BCUT2D eigenvalue weighted by Gasteiger charge is -2.10. The van der Waals surface area contributed by atoms with Crippen molar-refractivity contribution in [1.82, 2.24) is 9.78 Å². The highest BCUT2D eigenvalue weighted by molar-refractivity contribution is 5.90. The molecular formula is C21H22N4O3. The normalized spacial score (nSPS) is 10.7. The van der Waals surface area contributed by atoms with Crippen LogP contribution in [0.1, 0.15) is 28.8 Å². The first-order valence-electron chi connectivity index (χ1n) is 9.01. The SMILES string of the molecule is Cc1ccc(CCC(=O)Nc2cc(C)nn2-c2ccc([N+](=O)[O-])cc2)c(C)c1. The Morgan fingerprint density at radius 2 is 1.82 bits per heavy atom. The maximum Gasteiger partial charge on any atom is 0.269 e. The standard InChI is InChI=1S/C21H22N4O3/c1-14-4-5-17(15(2)12-14)6-11-21(26)22-20-13-16(3)23-24(20)18-7-9-19(10-8-18)25(27)28/h4-5,7-10,12-13H,6,11H2,1-3H3,(H,22,26). The number of nitro benzene ring substituents is 1. The van der Waals surface area contributed by atoms with Gasteiger partial charge >= 0.3 is 0 Å². The summed E-state index contributed by atoms with van der Waals surface area (Å²) in [7, 11) is 0. The van der Waals surface area contributed by atoms with Gasteiger partial charge in [-0.2, -0.15) is 5.10 Å². The number of nitrogens with one attached hydrogen (secondary N) is 1. The lowest BCUT2D eigenvalue weighted by molar-refractivity contribution is -0.384. The van der Waals surface area contributed by atoms with Crippen molar-refractivity contribution >= 4 is 17.4 Å². The summed E-state index contributed by atoms with van der Waals surface area (Å²) in [4.78, 5) is 22.8. The average molecular weight is 378 g/mol. The van der Waals surface area contributed by atoms with Crippen LogP contribution in [0.25, 0.3) is 5.69 Å². The number of nitro groups is 1. The first-order chi connectivity index (χ1) is 13.3. The van der Waals surface area contributed by atoms with E-state index in [0.717, 1.165) is 11.3 Å². The molecule has 0 radical (unpaired) electrons. The molecule has 0 saturated heterocycles. The van der Waals surface area contributed by atoms with Crippen LogP contribution in [0.5, 0.6) is 0 Å². The molecule has 0 saturated carbocycles. The molecule has 7 nitrogen and oxygen atoms in total. The van der Waals surface area contributed by atoms with Crippen LogP contribution in [0.3, 0.4) is 0 Å². The van der Waals surface area contributed by atoms with E-state index < -0.39 is 4.92 Å². The summed E-state index contributed by atoms with van der Waals surface area (Å²) < 4.78 is 1.58. The van der Waals surface area contributed by atoms with Gasteiger partial charge in [-0.1, -0.05) is 23.8 Å². The van der Waals surface area contributed by atoms with Crippen molar-refractivity contribution < 1.29 is 9.72 Å². The van der Waals surface area contributed by atoms with Crippen LogP contribution in [0, 0.1) is 30.9 Å². The lowest BCUT2D eigenvalue weighted by atomic mass is 10.0. The number of aryl methyl sites for hydroxylation is 4. The lowest BCUT2D eigenvalue weighted by Crippen LogP contribution is -2.15. The van der Waals surface area contributed by atoms with Crippen molar-refractivity contribution in [3.63, 3.8) is 0 Å². The number of hydrogen-bond donors (Lipinski definition) is 1. The Labute approximate surface area is 163 Å². The first-order valence-corrected chi connectivity index (χ1v) is 9.01. The van der Waals surface area contributed by atoms with Crippen molar-refractivity contribution in [1.29, 1.82) is 0 Å². The van der Waals surface area contributed by atoms with Crippen LogP contribution < -0.4 is 5.32 Å². The number of nitrogens with zero attached hydrogens (tertiary/aromatic N) is 3. The van der Waals surface area contributed by atoms with Gasteiger partial charge in [0.1, 0.15) is 5.82 Å². The van der Waals surface area contributed by atoms with Crippen molar-refractivity contribution in [3.8, 4) is 5.69 Å². The topological polar surface area (TPSA) is 90.1 Å². The monoisotopic (exact) mass is 378 g/mol. The molecule has 3 aromatic rings. The molecule has 1 amide bonds. The third-order valence-corrected chi connectivity index (χ3v) is 4.52. The number of anilines is 1. The van der Waals surface area contributed by atoms with Crippen LogP contribution in [-0.4, -0.2) is 20.6 Å². The zero-order valence-corrected chi connectivity index (χ0v) is 16.1. The van der Waals surface area contributed by atoms with E-state index in [1.807, 2.05) is 26.8 Å². The van der Waals surface area contributed by atoms with E-state index in [1.54, 1.807) is 22.9 Å². The summed E-state index contributed by atoms with van der Waals surface area (Å²) in [6.07, 6.45) is 1.01. The van der Waals surface area contributed by atoms with Gasteiger partial charge in [0.05, 0.1) is 16.3 Å². The fourth-order valence-corrected chi connectivity index (χ4v) is 3.08. The second kappa shape index (κ2) is 8.04. The Balaban J connectivity index is 1.72. The third kappa shape index (κ3) is 4.43. The van der Waals surface area contributed by atoms with Crippen LogP contribution in [-0.2, 0) is 11.2 Å². The van der Waals surface area contributed by atoms with Gasteiger partial charge in [0.25, 0.3) is 5.69 Å². The Morgan fingerprint density at radius 1 is 1.11 bits per heavy atom. The molecule has 0 aliphatic rings. The van der Waals surface area contributed by atoms with E-state index in [2.05, 4.69) is 22.5 Å². The molecule has 0 aliphatic carbocycles. The molecule has 1 aromatic heterocycles. The second-order valence-corrected chi connectivity index (χ2v) is 6.83. The van der Waals surface area contributed by atoms with Crippen molar-refractivity contribution in [2.45, 2.75) is 33.6 Å². The third-order valence-electron chi connectivity index (χ3n) is 4.52. The van der Waals surface area contributed by atoms with Gasteiger partial charge in [-0.25, -0.2) is 4.68 Å². The number of carbonyl (C=O) groups is 1. The minimum absolute atomic E-state index is 0.00619. The molecule has 0 fully saturated rings. The van der Waals surface area contributed by atoms with Gasteiger partial charge in [-0.15, -0.1) is 0 Å². The van der Waals surface area contributed by atoms with E-state index in [1.165, 1.54) is 23.3 Å². The number of amides is 1. The molecule has 1 heterocycles. The maximum atomic E-state index is 12.5. The van der Waals surface area contributed by atoms with Crippen LogP contribution in [0.4, 0.5) is 11.5 Å². The number of carbonyl (C=O) groups excluding carboxylic acids is 1. The number of benzene rings is 2. The number of aromatic nitrogens is 2. The Hall–Kier alpha value is -3.48. The molecule has 1 N–H and O–H groups in total. The largest absolute Gasteiger partial charge is 0.311 e. The average Bonchev–Trinajstić information content (AvgIpc) is 3.01. The molecule has 3 rings (SSSR count). The Kier molecular flexibility index (Phi) is 5.54. The fraction of sp³-hybridized carbons (Fsp3) is 0.238. The Morgan fingerprint density at radius 3 is 2.46 bits per heavy atom. The molecule has 0 unspecified atom stereocenters. The summed E-state index contributed by atoms with van der Waals surface area (Å²) in [6, 6.07) is 14.0. The maximum absolute atomic E-state index is 12.5. The molecule has 0 spiro atoms. The van der Waals surface area contributed by atoms with Crippen LogP contribution in [0.2, 0.25) is 0 Å². The number of non-ortho nitro benzene ring substituents is 1. The highest BCUT2D eigenvalue weighted by atomic mass is 16.6. The zero-order valence-electron chi connectivity index (χ0n) is 16.1. The van der Waals surface area contributed by atoms with Crippen molar-refractivity contribution in [3.05, 3.63) is 81.0 Å². The molecule has 7 heteroatoms. The molecule has 0 aliphatic heterocycles. The second-order valence-electron chi connectivity index (χ2n) is 6.83. The molecular weight excluding hydrogens is 356 g/mol. The van der Waals surface area contributed by atoms with E-state index in [0.29, 0.717) is 24.3 Å². The highest BCUT2D eigenvalue weighted by Crippen LogP contribution is 2.20. The van der Waals surface area contributed by atoms with Crippen molar-refractivity contribution in [2.75, 3.05) is 5.32 Å². The van der Waals surface area contributed by atoms with Gasteiger partial charge in [-0.3, -0.25) is 14.9 Å². The van der Waals surface area contributed by atoms with Crippen molar-refractivity contribution in [2.24, 2.45) is 0 Å². The number of hydrogen-bond acceptors (Lipinski definition) is 4. The summed E-state index contributed by atoms with van der Waals surface area (Å²) in [6.45, 7) is 5.92. The summed E-state index contributed by atoms with van der Waals surface area (Å²) in [5.41, 5.74) is 4.92. The van der Waals surface area contributed by atoms with E-state index >= 15 is 0 Å². The van der Waals surface area contributed by atoms with Gasteiger partial charge in [-0.05, 0) is 50.5 Å².